The van der Waals surface area contributed by atoms with Crippen LogP contribution in [-0.2, 0) is 11.2 Å². The first-order valence-electron chi connectivity index (χ1n) is 8.82. The number of carbonyl (C=O) groups is 1. The minimum absolute atomic E-state index is 0.229. The van der Waals surface area contributed by atoms with Crippen LogP contribution in [0.1, 0.15) is 25.3 Å². The number of amides is 1. The topological polar surface area (TPSA) is 80.2 Å². The van der Waals surface area contributed by atoms with Gasteiger partial charge in [0.2, 0.25) is 0 Å². The molecular weight excluding hydrogens is 332 g/mol. The lowest BCUT2D eigenvalue weighted by Gasteiger charge is -2.17. The van der Waals surface area contributed by atoms with Crippen LogP contribution in [0.25, 0.3) is 16.9 Å². The summed E-state index contributed by atoms with van der Waals surface area (Å²) in [6.07, 6.45) is 3.93. The highest BCUT2D eigenvalue weighted by molar-refractivity contribution is 5.90. The Kier molecular flexibility index (Phi) is 4.20. The van der Waals surface area contributed by atoms with E-state index in [1.54, 1.807) is 21.7 Å². The summed E-state index contributed by atoms with van der Waals surface area (Å²) in [5.74, 6) is 0. The number of imidazole rings is 1. The van der Waals surface area contributed by atoms with Gasteiger partial charge in [-0.3, -0.25) is 4.90 Å². The van der Waals surface area contributed by atoms with Gasteiger partial charge < -0.3 is 9.72 Å². The molecule has 0 saturated carbocycles. The number of H-pyrrole nitrogens is 1. The second-order valence-electron chi connectivity index (χ2n) is 6.32. The van der Waals surface area contributed by atoms with E-state index < -0.39 is 0 Å². The summed E-state index contributed by atoms with van der Waals surface area (Å²) in [6, 6.07) is 9.25. The van der Waals surface area contributed by atoms with E-state index in [0.717, 1.165) is 36.2 Å². The number of benzene rings is 1. The van der Waals surface area contributed by atoms with Gasteiger partial charge >= 0.3 is 11.8 Å². The maximum Gasteiger partial charge on any atom is 0.414 e. The van der Waals surface area contributed by atoms with E-state index in [-0.39, 0.29) is 11.8 Å². The predicted octanol–water partition coefficient (Wildman–Crippen LogP) is 3.01. The first kappa shape index (κ1) is 16.4. The van der Waals surface area contributed by atoms with Crippen LogP contribution in [0.15, 0.2) is 41.3 Å². The van der Waals surface area contributed by atoms with Crippen molar-refractivity contribution in [3.63, 3.8) is 0 Å². The Morgan fingerprint density at radius 1 is 1.35 bits per heavy atom. The maximum absolute atomic E-state index is 12.3. The van der Waals surface area contributed by atoms with Gasteiger partial charge in [0.15, 0.2) is 5.65 Å². The van der Waals surface area contributed by atoms with E-state index in [1.807, 2.05) is 24.3 Å². The SMILES string of the molecule is CCCCOC(=O)N1CCc2cc(-n3c(=O)[nH]c4cccnc43)ccc21. The van der Waals surface area contributed by atoms with Gasteiger partial charge in [-0.25, -0.2) is 19.1 Å². The molecule has 0 bridgehead atoms. The molecule has 0 spiro atoms. The molecule has 1 N–H and O–H groups in total. The first-order valence-corrected chi connectivity index (χ1v) is 8.82. The largest absolute Gasteiger partial charge is 0.449 e. The smallest absolute Gasteiger partial charge is 0.414 e. The highest BCUT2D eigenvalue weighted by Gasteiger charge is 2.26. The third kappa shape index (κ3) is 2.75. The molecule has 0 atom stereocenters. The summed E-state index contributed by atoms with van der Waals surface area (Å²) in [5, 5.41) is 0. The van der Waals surface area contributed by atoms with Crippen molar-refractivity contribution in [2.45, 2.75) is 26.2 Å². The molecule has 26 heavy (non-hydrogen) atoms. The third-order valence-electron chi connectivity index (χ3n) is 4.60. The number of ether oxygens (including phenoxy) is 1. The number of nitrogens with zero attached hydrogens (tertiary/aromatic N) is 3. The molecule has 1 amide bonds. The zero-order valence-corrected chi connectivity index (χ0v) is 14.6. The molecular formula is C19H20N4O3. The van der Waals surface area contributed by atoms with Crippen LogP contribution in [0.4, 0.5) is 10.5 Å². The fraction of sp³-hybridized carbons (Fsp3) is 0.316. The Labute approximate surface area is 150 Å². The number of rotatable bonds is 4. The van der Waals surface area contributed by atoms with E-state index in [2.05, 4.69) is 16.9 Å². The number of hydrogen-bond donors (Lipinski definition) is 1. The number of carbonyl (C=O) groups excluding carboxylic acids is 1. The van der Waals surface area contributed by atoms with Crippen LogP contribution in [0, 0.1) is 0 Å². The van der Waals surface area contributed by atoms with E-state index in [1.165, 1.54) is 0 Å². The Bertz CT molecular complexity index is 1020. The van der Waals surface area contributed by atoms with Crippen molar-refractivity contribution >= 4 is 22.9 Å². The summed E-state index contributed by atoms with van der Waals surface area (Å²) in [6.45, 7) is 3.09. The Morgan fingerprint density at radius 2 is 2.23 bits per heavy atom. The summed E-state index contributed by atoms with van der Waals surface area (Å²) in [7, 11) is 0. The lowest BCUT2D eigenvalue weighted by molar-refractivity contribution is 0.152. The number of anilines is 1. The van der Waals surface area contributed by atoms with Crippen LogP contribution in [0.2, 0.25) is 0 Å². The highest BCUT2D eigenvalue weighted by Crippen LogP contribution is 2.30. The lowest BCUT2D eigenvalue weighted by atomic mass is 10.1. The van der Waals surface area contributed by atoms with Crippen LogP contribution < -0.4 is 10.6 Å². The summed E-state index contributed by atoms with van der Waals surface area (Å²) < 4.78 is 6.87. The van der Waals surface area contributed by atoms with Gasteiger partial charge in [-0.1, -0.05) is 13.3 Å². The molecule has 1 aliphatic heterocycles. The van der Waals surface area contributed by atoms with Gasteiger partial charge in [0.05, 0.1) is 23.5 Å². The third-order valence-corrected chi connectivity index (χ3v) is 4.60. The fourth-order valence-electron chi connectivity index (χ4n) is 3.28. The quantitative estimate of drug-likeness (QED) is 0.732. The average Bonchev–Trinajstić information content (AvgIpc) is 3.21. The Morgan fingerprint density at radius 3 is 3.08 bits per heavy atom. The Hall–Kier alpha value is -3.09. The van der Waals surface area contributed by atoms with E-state index >= 15 is 0 Å². The van der Waals surface area contributed by atoms with Crippen molar-refractivity contribution < 1.29 is 9.53 Å². The normalized spacial score (nSPS) is 13.2. The fourth-order valence-corrected chi connectivity index (χ4v) is 3.28. The predicted molar refractivity (Wildman–Crippen MR) is 99.0 cm³/mol. The van der Waals surface area contributed by atoms with Gasteiger partial charge in [-0.15, -0.1) is 0 Å². The zero-order chi connectivity index (χ0) is 18.1. The second-order valence-corrected chi connectivity index (χ2v) is 6.32. The minimum Gasteiger partial charge on any atom is -0.449 e. The van der Waals surface area contributed by atoms with Crippen LogP contribution in [0.5, 0.6) is 0 Å². The first-order chi connectivity index (χ1) is 12.7. The number of aromatic nitrogens is 3. The number of hydrogen-bond acceptors (Lipinski definition) is 4. The molecule has 3 heterocycles. The molecule has 0 radical (unpaired) electrons. The van der Waals surface area contributed by atoms with Crippen molar-refractivity contribution in [1.29, 1.82) is 0 Å². The Balaban J connectivity index is 1.65. The van der Waals surface area contributed by atoms with Crippen molar-refractivity contribution in [3.05, 3.63) is 52.6 Å². The molecule has 2 aromatic heterocycles. The number of fused-ring (bicyclic) bond motifs is 2. The van der Waals surface area contributed by atoms with Crippen LogP contribution in [0.3, 0.4) is 0 Å². The minimum atomic E-state index is -0.309. The summed E-state index contributed by atoms with van der Waals surface area (Å²) in [4.78, 5) is 33.4. The number of pyridine rings is 1. The van der Waals surface area contributed by atoms with E-state index in [4.69, 9.17) is 4.74 Å². The molecule has 7 nitrogen and oxygen atoms in total. The molecule has 1 aromatic carbocycles. The van der Waals surface area contributed by atoms with E-state index in [0.29, 0.717) is 24.3 Å². The average molecular weight is 352 g/mol. The molecule has 4 rings (SSSR count). The van der Waals surface area contributed by atoms with Gasteiger partial charge in [-0.2, -0.15) is 0 Å². The molecule has 0 fully saturated rings. The van der Waals surface area contributed by atoms with Crippen molar-refractivity contribution in [3.8, 4) is 5.69 Å². The molecule has 0 unspecified atom stereocenters. The van der Waals surface area contributed by atoms with Gasteiger partial charge in [0, 0.05) is 12.7 Å². The lowest BCUT2D eigenvalue weighted by Crippen LogP contribution is -2.29. The molecule has 3 aromatic rings. The van der Waals surface area contributed by atoms with Crippen LogP contribution in [-0.4, -0.2) is 33.8 Å². The number of unbranched alkanes of at least 4 members (excludes halogenated alkanes) is 1. The number of nitrogens with one attached hydrogen (secondary N) is 1. The van der Waals surface area contributed by atoms with Crippen LogP contribution >= 0.6 is 0 Å². The zero-order valence-electron chi connectivity index (χ0n) is 14.6. The molecule has 1 aliphatic rings. The summed E-state index contributed by atoms with van der Waals surface area (Å²) in [5.41, 5.74) is 3.65. The van der Waals surface area contributed by atoms with Gasteiger partial charge in [-0.05, 0) is 48.7 Å². The van der Waals surface area contributed by atoms with Crippen molar-refractivity contribution in [1.82, 2.24) is 14.5 Å². The standard InChI is InChI=1S/C19H20N4O3/c1-2-3-11-26-19(25)22-10-8-13-12-14(6-7-16(13)22)23-17-15(21-18(23)24)5-4-9-20-17/h4-7,9,12H,2-3,8,10-11H2,1H3,(H,21,24). The van der Waals surface area contributed by atoms with Gasteiger partial charge in [0.1, 0.15) is 0 Å². The number of aromatic amines is 1. The van der Waals surface area contributed by atoms with E-state index in [9.17, 15) is 9.59 Å². The molecule has 7 heteroatoms. The summed E-state index contributed by atoms with van der Waals surface area (Å²) >= 11 is 0. The monoisotopic (exact) mass is 352 g/mol. The molecule has 0 aliphatic carbocycles. The van der Waals surface area contributed by atoms with Crippen molar-refractivity contribution in [2.75, 3.05) is 18.1 Å². The van der Waals surface area contributed by atoms with Crippen molar-refractivity contribution in [2.24, 2.45) is 0 Å². The maximum atomic E-state index is 12.3. The molecule has 0 saturated heterocycles. The highest BCUT2D eigenvalue weighted by atomic mass is 16.6. The second kappa shape index (κ2) is 6.67. The van der Waals surface area contributed by atoms with Gasteiger partial charge in [0.25, 0.3) is 0 Å². The molecule has 134 valence electrons.